The maximum atomic E-state index is 8.80. The Balaban J connectivity index is 3.43. The smallest absolute Gasteiger partial charge is 0.0558 e. The molecule has 2 nitrogen and oxygen atoms in total. The number of unbranched alkanes of at least 4 members (excludes halogenated alkanes) is 1. The maximum absolute atomic E-state index is 8.80. The number of rotatable bonds is 9. The van der Waals surface area contributed by atoms with E-state index in [0.29, 0.717) is 0 Å². The Kier molecular flexibility index (Phi) is 11.0. The minimum atomic E-state index is 0.267. The molecule has 1 N–H and O–H groups in total. The molecule has 0 aromatic rings. The topological polar surface area (TPSA) is 23.5 Å². The van der Waals surface area contributed by atoms with Crippen LogP contribution in [0, 0.1) is 0 Å². The maximum Gasteiger partial charge on any atom is 0.0558 e. The third-order valence-electron chi connectivity index (χ3n) is 2.33. The third-order valence-corrected chi connectivity index (χ3v) is 2.33. The molecule has 88 valence electrons. The highest BCUT2D eigenvalue weighted by atomic mass is 16.3. The summed E-state index contributed by atoms with van der Waals surface area (Å²) < 4.78 is 0. The number of hydrogen-bond acceptors (Lipinski definition) is 2. The monoisotopic (exact) mass is 211 g/mol. The standard InChI is InChI=1S/C13H25NO/c1-3-5-6-7-8-9-10-11-14(4-2)12-13-15/h5-8,15H,3-4,9-13H2,1-2H3/b6-5-,8-7-. The molecule has 2 heteroatoms. The number of aliphatic hydroxyl groups is 1. The SMILES string of the molecule is CC/C=C\C=C/CCCN(CC)CCO. The molecule has 0 aliphatic rings. The summed E-state index contributed by atoms with van der Waals surface area (Å²) in [5.74, 6) is 0. The van der Waals surface area contributed by atoms with E-state index < -0.39 is 0 Å². The summed E-state index contributed by atoms with van der Waals surface area (Å²) >= 11 is 0. The number of allylic oxidation sites excluding steroid dienone is 4. The van der Waals surface area contributed by atoms with E-state index in [-0.39, 0.29) is 6.61 Å². The van der Waals surface area contributed by atoms with Gasteiger partial charge in [0.1, 0.15) is 0 Å². The van der Waals surface area contributed by atoms with Gasteiger partial charge in [0.05, 0.1) is 6.61 Å². The second-order valence-corrected chi connectivity index (χ2v) is 3.56. The fraction of sp³-hybridized carbons (Fsp3) is 0.692. The molecule has 0 bridgehead atoms. The normalized spacial score (nSPS) is 12.3. The van der Waals surface area contributed by atoms with E-state index in [1.54, 1.807) is 0 Å². The van der Waals surface area contributed by atoms with Crippen LogP contribution < -0.4 is 0 Å². The van der Waals surface area contributed by atoms with E-state index in [9.17, 15) is 0 Å². The molecule has 0 saturated carbocycles. The molecule has 0 rings (SSSR count). The molecule has 0 heterocycles. The molecule has 0 spiro atoms. The zero-order valence-corrected chi connectivity index (χ0v) is 10.2. The molecule has 0 aliphatic carbocycles. The molecule has 0 radical (unpaired) electrons. The summed E-state index contributed by atoms with van der Waals surface area (Å²) in [5, 5.41) is 8.80. The van der Waals surface area contributed by atoms with Crippen LogP contribution in [0.2, 0.25) is 0 Å². The minimum absolute atomic E-state index is 0.267. The number of likely N-dealkylation sites (N-methyl/N-ethyl adjacent to an activating group) is 1. The first-order valence-electron chi connectivity index (χ1n) is 6.00. The molecular weight excluding hydrogens is 186 g/mol. The minimum Gasteiger partial charge on any atom is -0.395 e. The van der Waals surface area contributed by atoms with Crippen molar-refractivity contribution in [2.75, 3.05) is 26.2 Å². The van der Waals surface area contributed by atoms with Crippen molar-refractivity contribution < 1.29 is 5.11 Å². The molecule has 0 saturated heterocycles. The third kappa shape index (κ3) is 9.70. The molecule has 0 aliphatic heterocycles. The summed E-state index contributed by atoms with van der Waals surface area (Å²) in [7, 11) is 0. The molecule has 0 aromatic carbocycles. The molecule has 0 atom stereocenters. The van der Waals surface area contributed by atoms with Crippen LogP contribution in [0.4, 0.5) is 0 Å². The number of hydrogen-bond donors (Lipinski definition) is 1. The van der Waals surface area contributed by atoms with Crippen molar-refractivity contribution >= 4 is 0 Å². The molecule has 15 heavy (non-hydrogen) atoms. The van der Waals surface area contributed by atoms with Gasteiger partial charge in [-0.1, -0.05) is 38.2 Å². The fourth-order valence-corrected chi connectivity index (χ4v) is 1.39. The Bertz CT molecular complexity index is 175. The van der Waals surface area contributed by atoms with E-state index in [1.807, 2.05) is 0 Å². The Hall–Kier alpha value is -0.600. The number of aliphatic hydroxyl groups excluding tert-OH is 1. The zero-order valence-electron chi connectivity index (χ0n) is 10.2. The molecule has 0 unspecified atom stereocenters. The van der Waals surface area contributed by atoms with Gasteiger partial charge in [0.2, 0.25) is 0 Å². The van der Waals surface area contributed by atoms with E-state index in [4.69, 9.17) is 5.11 Å². The van der Waals surface area contributed by atoms with Gasteiger partial charge in [-0.05, 0) is 32.4 Å². The predicted octanol–water partition coefficient (Wildman–Crippen LogP) is 2.60. The predicted molar refractivity (Wildman–Crippen MR) is 67.0 cm³/mol. The van der Waals surface area contributed by atoms with Crippen LogP contribution in [0.3, 0.4) is 0 Å². The first kappa shape index (κ1) is 14.4. The van der Waals surface area contributed by atoms with Gasteiger partial charge in [-0.25, -0.2) is 0 Å². The summed E-state index contributed by atoms with van der Waals surface area (Å²) in [6, 6.07) is 0. The van der Waals surface area contributed by atoms with Crippen LogP contribution in [-0.4, -0.2) is 36.2 Å². The Morgan fingerprint density at radius 3 is 2.40 bits per heavy atom. The van der Waals surface area contributed by atoms with E-state index in [1.165, 1.54) is 6.42 Å². The largest absolute Gasteiger partial charge is 0.395 e. The van der Waals surface area contributed by atoms with E-state index in [2.05, 4.69) is 43.1 Å². The fourth-order valence-electron chi connectivity index (χ4n) is 1.39. The van der Waals surface area contributed by atoms with Crippen molar-refractivity contribution in [2.45, 2.75) is 33.1 Å². The van der Waals surface area contributed by atoms with Gasteiger partial charge in [-0.2, -0.15) is 0 Å². The lowest BCUT2D eigenvalue weighted by Crippen LogP contribution is -2.27. The van der Waals surface area contributed by atoms with Crippen LogP contribution >= 0.6 is 0 Å². The second kappa shape index (κ2) is 11.5. The Morgan fingerprint density at radius 1 is 1.07 bits per heavy atom. The van der Waals surface area contributed by atoms with Crippen LogP contribution in [0.1, 0.15) is 33.1 Å². The second-order valence-electron chi connectivity index (χ2n) is 3.56. The highest BCUT2D eigenvalue weighted by Gasteiger charge is 1.98. The first-order valence-corrected chi connectivity index (χ1v) is 6.00. The van der Waals surface area contributed by atoms with Gasteiger partial charge in [0.15, 0.2) is 0 Å². The van der Waals surface area contributed by atoms with Gasteiger partial charge < -0.3 is 10.0 Å². The van der Waals surface area contributed by atoms with Crippen molar-refractivity contribution in [1.82, 2.24) is 4.90 Å². The Labute approximate surface area is 94.3 Å². The van der Waals surface area contributed by atoms with E-state index in [0.717, 1.165) is 32.5 Å². The van der Waals surface area contributed by atoms with Gasteiger partial charge >= 0.3 is 0 Å². The molecular formula is C13H25NO. The van der Waals surface area contributed by atoms with Crippen LogP contribution in [-0.2, 0) is 0 Å². The van der Waals surface area contributed by atoms with Crippen LogP contribution in [0.25, 0.3) is 0 Å². The van der Waals surface area contributed by atoms with Crippen molar-refractivity contribution in [1.29, 1.82) is 0 Å². The Morgan fingerprint density at radius 2 is 1.80 bits per heavy atom. The van der Waals surface area contributed by atoms with Gasteiger partial charge in [-0.3, -0.25) is 0 Å². The highest BCUT2D eigenvalue weighted by Crippen LogP contribution is 1.96. The van der Waals surface area contributed by atoms with Gasteiger partial charge in [-0.15, -0.1) is 0 Å². The average Bonchev–Trinajstić information content (AvgIpc) is 2.26. The lowest BCUT2D eigenvalue weighted by Gasteiger charge is -2.18. The number of nitrogens with zero attached hydrogens (tertiary/aromatic N) is 1. The summed E-state index contributed by atoms with van der Waals surface area (Å²) in [6.07, 6.45) is 12.0. The van der Waals surface area contributed by atoms with Crippen molar-refractivity contribution in [3.8, 4) is 0 Å². The zero-order chi connectivity index (χ0) is 11.4. The van der Waals surface area contributed by atoms with E-state index >= 15 is 0 Å². The van der Waals surface area contributed by atoms with Crippen LogP contribution in [0.5, 0.6) is 0 Å². The van der Waals surface area contributed by atoms with Crippen molar-refractivity contribution in [2.24, 2.45) is 0 Å². The van der Waals surface area contributed by atoms with Crippen molar-refractivity contribution in [3.05, 3.63) is 24.3 Å². The first-order chi connectivity index (χ1) is 7.35. The summed E-state index contributed by atoms with van der Waals surface area (Å²) in [5.41, 5.74) is 0. The summed E-state index contributed by atoms with van der Waals surface area (Å²) in [6.45, 7) is 7.45. The molecule has 0 aromatic heterocycles. The van der Waals surface area contributed by atoms with Crippen molar-refractivity contribution in [3.63, 3.8) is 0 Å². The summed E-state index contributed by atoms with van der Waals surface area (Å²) in [4.78, 5) is 2.27. The lowest BCUT2D eigenvalue weighted by molar-refractivity contribution is 0.201. The molecule has 0 amide bonds. The van der Waals surface area contributed by atoms with Gasteiger partial charge in [0, 0.05) is 6.54 Å². The highest BCUT2D eigenvalue weighted by molar-refractivity contribution is 5.01. The average molecular weight is 211 g/mol. The quantitative estimate of drug-likeness (QED) is 0.468. The van der Waals surface area contributed by atoms with Gasteiger partial charge in [0.25, 0.3) is 0 Å². The van der Waals surface area contributed by atoms with Crippen LogP contribution in [0.15, 0.2) is 24.3 Å². The molecule has 0 fully saturated rings. The lowest BCUT2D eigenvalue weighted by atomic mass is 10.2.